The summed E-state index contributed by atoms with van der Waals surface area (Å²) in [5.74, 6) is 0.333. The number of carbonyl (C=O) groups is 1. The van der Waals surface area contributed by atoms with Gasteiger partial charge in [0.15, 0.2) is 5.82 Å². The van der Waals surface area contributed by atoms with Gasteiger partial charge in [0.2, 0.25) is 5.78 Å². The third-order valence-electron chi connectivity index (χ3n) is 2.16. The second kappa shape index (κ2) is 5.46. The fourth-order valence-corrected chi connectivity index (χ4v) is 1.41. The van der Waals surface area contributed by atoms with Crippen molar-refractivity contribution >= 4 is 5.78 Å². The number of hydrogen-bond acceptors (Lipinski definition) is 3. The summed E-state index contributed by atoms with van der Waals surface area (Å²) in [6.07, 6.45) is 6.53. The fourth-order valence-electron chi connectivity index (χ4n) is 1.41. The van der Waals surface area contributed by atoms with Gasteiger partial charge in [-0.15, -0.1) is 6.58 Å². The number of ketones is 1. The molecule has 0 aliphatic carbocycles. The van der Waals surface area contributed by atoms with E-state index in [0.717, 1.165) is 13.0 Å². The maximum Gasteiger partial charge on any atom is 0.215 e. The molecule has 0 fully saturated rings. The van der Waals surface area contributed by atoms with E-state index in [-0.39, 0.29) is 5.78 Å². The molecule has 0 aliphatic rings. The second-order valence-corrected chi connectivity index (χ2v) is 3.44. The Hall–Kier alpha value is -1.42. The SMILES string of the molecule is C=CCC(N)C(=O)c1nccn1CCC. The van der Waals surface area contributed by atoms with Gasteiger partial charge in [-0.3, -0.25) is 4.79 Å². The lowest BCUT2D eigenvalue weighted by molar-refractivity contribution is 0.0947. The van der Waals surface area contributed by atoms with Crippen LogP contribution in [0.2, 0.25) is 0 Å². The average molecular weight is 207 g/mol. The van der Waals surface area contributed by atoms with Gasteiger partial charge in [-0.25, -0.2) is 4.98 Å². The number of nitrogens with two attached hydrogens (primary N) is 1. The van der Waals surface area contributed by atoms with E-state index in [9.17, 15) is 4.79 Å². The molecule has 0 saturated heterocycles. The predicted octanol–water partition coefficient (Wildman–Crippen LogP) is 1.38. The summed E-state index contributed by atoms with van der Waals surface area (Å²) in [5, 5.41) is 0. The van der Waals surface area contributed by atoms with E-state index < -0.39 is 6.04 Å². The van der Waals surface area contributed by atoms with Crippen LogP contribution in [0.25, 0.3) is 0 Å². The van der Waals surface area contributed by atoms with E-state index in [4.69, 9.17) is 5.73 Å². The van der Waals surface area contributed by atoms with E-state index >= 15 is 0 Å². The quantitative estimate of drug-likeness (QED) is 0.566. The number of aryl methyl sites for hydroxylation is 1. The van der Waals surface area contributed by atoms with Crippen LogP contribution in [0.3, 0.4) is 0 Å². The van der Waals surface area contributed by atoms with Gasteiger partial charge in [0.05, 0.1) is 6.04 Å². The van der Waals surface area contributed by atoms with Crippen molar-refractivity contribution in [1.82, 2.24) is 9.55 Å². The van der Waals surface area contributed by atoms with Gasteiger partial charge in [0, 0.05) is 18.9 Å². The lowest BCUT2D eigenvalue weighted by Gasteiger charge is -2.09. The molecule has 0 saturated carbocycles. The van der Waals surface area contributed by atoms with Crippen molar-refractivity contribution in [2.75, 3.05) is 0 Å². The summed E-state index contributed by atoms with van der Waals surface area (Å²) in [5.41, 5.74) is 5.71. The molecule has 15 heavy (non-hydrogen) atoms. The standard InChI is InChI=1S/C11H17N3O/c1-3-5-9(12)10(15)11-13-6-8-14(11)7-4-2/h3,6,8-9H,1,4-5,7,12H2,2H3. The van der Waals surface area contributed by atoms with Gasteiger partial charge < -0.3 is 10.3 Å². The van der Waals surface area contributed by atoms with Crippen molar-refractivity contribution in [1.29, 1.82) is 0 Å². The van der Waals surface area contributed by atoms with Crippen LogP contribution in [0.5, 0.6) is 0 Å². The van der Waals surface area contributed by atoms with Crippen LogP contribution in [-0.2, 0) is 6.54 Å². The van der Waals surface area contributed by atoms with Gasteiger partial charge in [0.25, 0.3) is 0 Å². The number of Topliss-reactive ketones (excluding diaryl/α,β-unsaturated/α-hetero) is 1. The van der Waals surface area contributed by atoms with Gasteiger partial charge >= 0.3 is 0 Å². The van der Waals surface area contributed by atoms with E-state index in [1.54, 1.807) is 18.5 Å². The van der Waals surface area contributed by atoms with E-state index in [0.29, 0.717) is 12.2 Å². The highest BCUT2D eigenvalue weighted by Crippen LogP contribution is 2.04. The van der Waals surface area contributed by atoms with E-state index in [1.165, 1.54) is 0 Å². The van der Waals surface area contributed by atoms with Crippen molar-refractivity contribution in [2.45, 2.75) is 32.4 Å². The monoisotopic (exact) mass is 207 g/mol. The zero-order valence-corrected chi connectivity index (χ0v) is 9.02. The molecule has 1 unspecified atom stereocenters. The molecule has 1 rings (SSSR count). The van der Waals surface area contributed by atoms with Crippen LogP contribution in [0, 0.1) is 0 Å². The van der Waals surface area contributed by atoms with Crippen molar-refractivity contribution in [3.63, 3.8) is 0 Å². The number of imidazole rings is 1. The Labute approximate surface area is 89.8 Å². The summed E-state index contributed by atoms with van der Waals surface area (Å²) in [4.78, 5) is 15.9. The Morgan fingerprint density at radius 2 is 2.53 bits per heavy atom. The van der Waals surface area contributed by atoms with Crippen molar-refractivity contribution < 1.29 is 4.79 Å². The minimum atomic E-state index is -0.527. The summed E-state index contributed by atoms with van der Waals surface area (Å²) in [6.45, 7) is 6.41. The highest BCUT2D eigenvalue weighted by Gasteiger charge is 2.18. The van der Waals surface area contributed by atoms with Crippen LogP contribution in [0.4, 0.5) is 0 Å². The molecule has 2 N–H and O–H groups in total. The third kappa shape index (κ3) is 2.76. The molecule has 1 atom stereocenters. The van der Waals surface area contributed by atoms with Crippen LogP contribution < -0.4 is 5.73 Å². The minimum Gasteiger partial charge on any atom is -0.328 e. The van der Waals surface area contributed by atoms with E-state index in [1.807, 2.05) is 4.57 Å². The Balaban J connectivity index is 2.80. The first-order chi connectivity index (χ1) is 7.20. The summed E-state index contributed by atoms with van der Waals surface area (Å²) >= 11 is 0. The van der Waals surface area contributed by atoms with Crippen molar-refractivity contribution in [3.05, 3.63) is 30.9 Å². The molecular formula is C11H17N3O. The summed E-state index contributed by atoms with van der Waals surface area (Å²) < 4.78 is 1.84. The maximum atomic E-state index is 11.8. The van der Waals surface area contributed by atoms with Crippen LogP contribution in [0.1, 0.15) is 30.4 Å². The largest absolute Gasteiger partial charge is 0.328 e. The van der Waals surface area contributed by atoms with Gasteiger partial charge in [-0.2, -0.15) is 0 Å². The Morgan fingerprint density at radius 1 is 1.80 bits per heavy atom. The number of hydrogen-bond donors (Lipinski definition) is 1. The lowest BCUT2D eigenvalue weighted by Crippen LogP contribution is -2.32. The first-order valence-corrected chi connectivity index (χ1v) is 5.12. The molecule has 1 heterocycles. The smallest absolute Gasteiger partial charge is 0.215 e. The molecule has 0 aliphatic heterocycles. The molecule has 1 aromatic rings. The molecule has 0 radical (unpaired) electrons. The van der Waals surface area contributed by atoms with Gasteiger partial charge in [-0.1, -0.05) is 13.0 Å². The Kier molecular flexibility index (Phi) is 4.24. The molecule has 0 bridgehead atoms. The molecule has 4 nitrogen and oxygen atoms in total. The molecule has 0 amide bonds. The van der Waals surface area contributed by atoms with Gasteiger partial charge in [0.1, 0.15) is 0 Å². The molecule has 82 valence electrons. The van der Waals surface area contributed by atoms with Crippen LogP contribution >= 0.6 is 0 Å². The second-order valence-electron chi connectivity index (χ2n) is 3.44. The Morgan fingerprint density at radius 3 is 3.13 bits per heavy atom. The van der Waals surface area contributed by atoms with Gasteiger partial charge in [-0.05, 0) is 12.8 Å². The molecule has 0 spiro atoms. The normalized spacial score (nSPS) is 12.4. The summed E-state index contributed by atoms with van der Waals surface area (Å²) in [6, 6.07) is -0.527. The maximum absolute atomic E-state index is 11.8. The zero-order chi connectivity index (χ0) is 11.3. The average Bonchev–Trinajstić information content (AvgIpc) is 2.66. The highest BCUT2D eigenvalue weighted by molar-refractivity contribution is 5.97. The third-order valence-corrected chi connectivity index (χ3v) is 2.16. The van der Waals surface area contributed by atoms with Crippen molar-refractivity contribution in [3.8, 4) is 0 Å². The molecule has 1 aromatic heterocycles. The first kappa shape index (κ1) is 11.7. The number of carbonyl (C=O) groups excluding carboxylic acids is 1. The highest BCUT2D eigenvalue weighted by atomic mass is 16.1. The van der Waals surface area contributed by atoms with Crippen LogP contribution in [0.15, 0.2) is 25.0 Å². The molecular weight excluding hydrogens is 190 g/mol. The van der Waals surface area contributed by atoms with E-state index in [2.05, 4.69) is 18.5 Å². The van der Waals surface area contributed by atoms with Crippen molar-refractivity contribution in [2.24, 2.45) is 5.73 Å². The molecule has 4 heteroatoms. The first-order valence-electron chi connectivity index (χ1n) is 5.12. The lowest BCUT2D eigenvalue weighted by atomic mass is 10.1. The number of aromatic nitrogens is 2. The fraction of sp³-hybridized carbons (Fsp3) is 0.455. The summed E-state index contributed by atoms with van der Waals surface area (Å²) in [7, 11) is 0. The Bertz CT molecular complexity index is 343. The van der Waals surface area contributed by atoms with Crippen LogP contribution in [-0.4, -0.2) is 21.4 Å². The minimum absolute atomic E-state index is 0.117. The zero-order valence-electron chi connectivity index (χ0n) is 9.02. The number of nitrogens with zero attached hydrogens (tertiary/aromatic N) is 2. The molecule has 0 aromatic carbocycles. The topological polar surface area (TPSA) is 60.9 Å². The predicted molar refractivity (Wildman–Crippen MR) is 59.6 cm³/mol. The number of rotatable bonds is 6.